The van der Waals surface area contributed by atoms with E-state index in [0.717, 1.165) is 0 Å². The molecule has 0 aliphatic heterocycles. The lowest BCUT2D eigenvalue weighted by Crippen LogP contribution is -2.30. The van der Waals surface area contributed by atoms with Crippen LogP contribution < -0.4 is 5.32 Å². The molecular formula is C19H23N3O5S. The van der Waals surface area contributed by atoms with Crippen LogP contribution in [-0.2, 0) is 10.0 Å². The van der Waals surface area contributed by atoms with E-state index in [0.29, 0.717) is 29.9 Å². The van der Waals surface area contributed by atoms with Crippen molar-refractivity contribution in [2.24, 2.45) is 0 Å². The largest absolute Gasteiger partial charge is 0.377 e. The van der Waals surface area contributed by atoms with E-state index in [9.17, 15) is 23.3 Å². The van der Waals surface area contributed by atoms with Crippen LogP contribution in [-0.4, -0.2) is 43.1 Å². The van der Waals surface area contributed by atoms with E-state index in [1.165, 1.54) is 34.6 Å². The molecule has 0 saturated heterocycles. The zero-order valence-electron chi connectivity index (χ0n) is 16.0. The van der Waals surface area contributed by atoms with E-state index in [2.05, 4.69) is 5.32 Å². The zero-order valence-corrected chi connectivity index (χ0v) is 16.8. The van der Waals surface area contributed by atoms with E-state index in [1.54, 1.807) is 32.9 Å². The first-order valence-corrected chi connectivity index (χ1v) is 10.3. The molecule has 0 aliphatic rings. The minimum atomic E-state index is -3.57. The number of aryl methyl sites for hydroxylation is 1. The van der Waals surface area contributed by atoms with Gasteiger partial charge in [0.1, 0.15) is 0 Å². The number of Topliss-reactive ketones (excluding diaryl/α,β-unsaturated/α-hetero) is 1. The molecule has 0 bridgehead atoms. The van der Waals surface area contributed by atoms with Gasteiger partial charge in [-0.05, 0) is 37.3 Å². The van der Waals surface area contributed by atoms with Gasteiger partial charge in [-0.2, -0.15) is 4.31 Å². The zero-order chi connectivity index (χ0) is 20.9. The first-order valence-electron chi connectivity index (χ1n) is 8.83. The summed E-state index contributed by atoms with van der Waals surface area (Å²) in [5.74, 6) is -0.255. The lowest BCUT2D eigenvalue weighted by atomic mass is 10.1. The topological polar surface area (TPSA) is 110 Å². The van der Waals surface area contributed by atoms with Gasteiger partial charge in [0.2, 0.25) is 10.0 Å². The van der Waals surface area contributed by atoms with Crippen molar-refractivity contribution in [1.82, 2.24) is 4.31 Å². The number of nitrogens with one attached hydrogen (secondary N) is 1. The van der Waals surface area contributed by atoms with Gasteiger partial charge in [-0.1, -0.05) is 19.9 Å². The standard InChI is InChI=1S/C19H23N3O5S/c1-4-21(5-2)28(26,27)17-10-7-15(8-11-17)19(23)13-20-16-9-6-14(3)18(12-16)22(24)25/h6-12,20H,4-5,13H2,1-3H3. The fourth-order valence-corrected chi connectivity index (χ4v) is 4.18. The summed E-state index contributed by atoms with van der Waals surface area (Å²) in [6.45, 7) is 5.83. The Hall–Kier alpha value is -2.78. The minimum absolute atomic E-state index is 0.0246. The Morgan fingerprint density at radius 1 is 1.11 bits per heavy atom. The van der Waals surface area contributed by atoms with Crippen LogP contribution in [0, 0.1) is 17.0 Å². The lowest BCUT2D eigenvalue weighted by Gasteiger charge is -2.18. The average molecular weight is 405 g/mol. The van der Waals surface area contributed by atoms with Gasteiger partial charge in [-0.3, -0.25) is 14.9 Å². The fourth-order valence-electron chi connectivity index (χ4n) is 2.73. The monoisotopic (exact) mass is 405 g/mol. The van der Waals surface area contributed by atoms with Gasteiger partial charge in [0, 0.05) is 36.0 Å². The van der Waals surface area contributed by atoms with Crippen molar-refractivity contribution in [3.63, 3.8) is 0 Å². The Morgan fingerprint density at radius 3 is 2.25 bits per heavy atom. The Bertz CT molecular complexity index is 968. The normalized spacial score (nSPS) is 11.4. The highest BCUT2D eigenvalue weighted by Gasteiger charge is 2.21. The van der Waals surface area contributed by atoms with Gasteiger partial charge >= 0.3 is 0 Å². The second-order valence-corrected chi connectivity index (χ2v) is 8.09. The number of sulfonamides is 1. The highest BCUT2D eigenvalue weighted by Crippen LogP contribution is 2.22. The lowest BCUT2D eigenvalue weighted by molar-refractivity contribution is -0.385. The highest BCUT2D eigenvalue weighted by atomic mass is 32.2. The van der Waals surface area contributed by atoms with Crippen LogP contribution in [0.3, 0.4) is 0 Å². The van der Waals surface area contributed by atoms with Crippen LogP contribution in [0.4, 0.5) is 11.4 Å². The summed E-state index contributed by atoms with van der Waals surface area (Å²) in [5.41, 5.74) is 1.33. The molecule has 0 aliphatic carbocycles. The van der Waals surface area contributed by atoms with Crippen LogP contribution in [0.5, 0.6) is 0 Å². The van der Waals surface area contributed by atoms with Crippen LogP contribution in [0.15, 0.2) is 47.4 Å². The summed E-state index contributed by atoms with van der Waals surface area (Å²) >= 11 is 0. The molecule has 28 heavy (non-hydrogen) atoms. The number of hydrogen-bond acceptors (Lipinski definition) is 6. The van der Waals surface area contributed by atoms with Crippen LogP contribution >= 0.6 is 0 Å². The highest BCUT2D eigenvalue weighted by molar-refractivity contribution is 7.89. The van der Waals surface area contributed by atoms with Gasteiger partial charge in [0.15, 0.2) is 5.78 Å². The third kappa shape index (κ3) is 4.73. The summed E-state index contributed by atoms with van der Waals surface area (Å²) in [7, 11) is -3.57. The summed E-state index contributed by atoms with van der Waals surface area (Å²) in [6.07, 6.45) is 0. The van der Waals surface area contributed by atoms with Crippen molar-refractivity contribution in [3.05, 3.63) is 63.7 Å². The number of carbonyl (C=O) groups excluding carboxylic acids is 1. The molecule has 2 rings (SSSR count). The molecule has 0 amide bonds. The molecule has 0 unspecified atom stereocenters. The quantitative estimate of drug-likeness (QED) is 0.390. The van der Waals surface area contributed by atoms with Crippen LogP contribution in [0.2, 0.25) is 0 Å². The first kappa shape index (κ1) is 21.5. The van der Waals surface area contributed by atoms with Crippen molar-refractivity contribution < 1.29 is 18.1 Å². The van der Waals surface area contributed by atoms with Crippen molar-refractivity contribution in [1.29, 1.82) is 0 Å². The Labute approximate surface area is 164 Å². The van der Waals surface area contributed by atoms with Gasteiger partial charge in [-0.25, -0.2) is 8.42 Å². The molecule has 0 radical (unpaired) electrons. The molecule has 0 atom stereocenters. The Kier molecular flexibility index (Phi) is 6.87. The SMILES string of the molecule is CCN(CC)S(=O)(=O)c1ccc(C(=O)CNc2ccc(C)c([N+](=O)[O-])c2)cc1. The van der Waals surface area contributed by atoms with Crippen molar-refractivity contribution >= 4 is 27.2 Å². The third-order valence-corrected chi connectivity index (χ3v) is 6.44. The fraction of sp³-hybridized carbons (Fsp3) is 0.316. The predicted molar refractivity (Wildman–Crippen MR) is 107 cm³/mol. The molecular weight excluding hydrogens is 382 g/mol. The summed E-state index contributed by atoms with van der Waals surface area (Å²) in [6, 6.07) is 10.4. The number of nitro groups is 1. The molecule has 150 valence electrons. The van der Waals surface area contributed by atoms with Crippen LogP contribution in [0.25, 0.3) is 0 Å². The molecule has 8 nitrogen and oxygen atoms in total. The average Bonchev–Trinajstić information content (AvgIpc) is 2.67. The van der Waals surface area contributed by atoms with E-state index in [4.69, 9.17) is 0 Å². The number of carbonyl (C=O) groups is 1. The van der Waals surface area contributed by atoms with E-state index >= 15 is 0 Å². The molecule has 2 aromatic carbocycles. The van der Waals surface area contributed by atoms with Crippen LogP contribution in [0.1, 0.15) is 29.8 Å². The van der Waals surface area contributed by atoms with Gasteiger partial charge in [-0.15, -0.1) is 0 Å². The number of nitrogens with zero attached hydrogens (tertiary/aromatic N) is 2. The maximum absolute atomic E-state index is 12.5. The van der Waals surface area contributed by atoms with E-state index in [1.807, 2.05) is 0 Å². The molecule has 0 aromatic heterocycles. The number of ketones is 1. The predicted octanol–water partition coefficient (Wildman–Crippen LogP) is 3.23. The van der Waals surface area contributed by atoms with E-state index in [-0.39, 0.29) is 22.9 Å². The third-order valence-electron chi connectivity index (χ3n) is 4.38. The maximum atomic E-state index is 12.5. The Morgan fingerprint density at radius 2 is 1.71 bits per heavy atom. The van der Waals surface area contributed by atoms with Crippen molar-refractivity contribution in [2.45, 2.75) is 25.7 Å². The molecule has 0 spiro atoms. The molecule has 0 heterocycles. The summed E-state index contributed by atoms with van der Waals surface area (Å²) in [5, 5.41) is 13.9. The number of anilines is 1. The summed E-state index contributed by atoms with van der Waals surface area (Å²) < 4.78 is 26.3. The van der Waals surface area contributed by atoms with E-state index < -0.39 is 14.9 Å². The number of benzene rings is 2. The Balaban J connectivity index is 2.10. The van der Waals surface area contributed by atoms with Gasteiger partial charge in [0.05, 0.1) is 16.4 Å². The summed E-state index contributed by atoms with van der Waals surface area (Å²) in [4.78, 5) is 23.0. The second kappa shape index (κ2) is 8.94. The number of hydrogen-bond donors (Lipinski definition) is 1. The van der Waals surface area contributed by atoms with Gasteiger partial charge < -0.3 is 5.32 Å². The molecule has 9 heteroatoms. The van der Waals surface area contributed by atoms with Crippen molar-refractivity contribution in [3.8, 4) is 0 Å². The number of nitro benzene ring substituents is 1. The second-order valence-electron chi connectivity index (χ2n) is 6.15. The van der Waals surface area contributed by atoms with Gasteiger partial charge in [0.25, 0.3) is 5.69 Å². The molecule has 2 aromatic rings. The molecule has 0 saturated carbocycles. The molecule has 0 fully saturated rings. The smallest absolute Gasteiger partial charge is 0.274 e. The number of rotatable bonds is 9. The maximum Gasteiger partial charge on any atom is 0.274 e. The molecule has 1 N–H and O–H groups in total. The first-order chi connectivity index (χ1) is 13.2. The minimum Gasteiger partial charge on any atom is -0.377 e. The van der Waals surface area contributed by atoms with Crippen molar-refractivity contribution in [2.75, 3.05) is 25.0 Å².